The second-order valence-electron chi connectivity index (χ2n) is 3.62. The van der Waals surface area contributed by atoms with E-state index in [0.717, 1.165) is 0 Å². The minimum absolute atomic E-state index is 0.139. The van der Waals surface area contributed by atoms with E-state index < -0.39 is 12.0 Å². The second-order valence-corrected chi connectivity index (χ2v) is 3.62. The van der Waals surface area contributed by atoms with Gasteiger partial charge in [0.05, 0.1) is 13.7 Å². The van der Waals surface area contributed by atoms with E-state index in [-0.39, 0.29) is 12.2 Å². The van der Waals surface area contributed by atoms with E-state index in [9.17, 15) is 9.59 Å². The monoisotopic (exact) mass is 274 g/mol. The van der Waals surface area contributed by atoms with Crippen LogP contribution in [0.5, 0.6) is 5.75 Å². The van der Waals surface area contributed by atoms with Gasteiger partial charge in [0, 0.05) is 0 Å². The van der Waals surface area contributed by atoms with Crippen LogP contribution in [-0.2, 0) is 9.53 Å². The number of hydrogen-bond donors (Lipinski definition) is 1. The minimum atomic E-state index is -0.885. The van der Waals surface area contributed by atoms with Crippen molar-refractivity contribution in [1.82, 2.24) is 5.32 Å². The van der Waals surface area contributed by atoms with Crippen LogP contribution in [0.2, 0.25) is 0 Å². The van der Waals surface area contributed by atoms with E-state index in [1.165, 1.54) is 13.2 Å². The standard InChI is InChI=1S/C14H14N2O4/c1-3-20-14(18)16-13(17)11(9-15)7-10-5-4-6-12(8-10)19-2/h4-8H,3H2,1-2H3,(H,16,17,18)/b11-7+. The smallest absolute Gasteiger partial charge is 0.414 e. The summed E-state index contributed by atoms with van der Waals surface area (Å²) in [5.41, 5.74) is 0.409. The van der Waals surface area contributed by atoms with Gasteiger partial charge in [0.25, 0.3) is 5.91 Å². The third kappa shape index (κ3) is 4.46. The van der Waals surface area contributed by atoms with E-state index in [4.69, 9.17) is 10.00 Å². The van der Waals surface area contributed by atoms with Gasteiger partial charge in [-0.1, -0.05) is 12.1 Å². The number of nitriles is 1. The average molecular weight is 274 g/mol. The Hall–Kier alpha value is -2.81. The number of nitrogens with one attached hydrogen (secondary N) is 1. The van der Waals surface area contributed by atoms with Gasteiger partial charge in [-0.2, -0.15) is 5.26 Å². The summed E-state index contributed by atoms with van der Waals surface area (Å²) in [6.45, 7) is 1.75. The number of rotatable bonds is 4. The molecule has 0 spiro atoms. The summed E-state index contributed by atoms with van der Waals surface area (Å²) < 4.78 is 9.61. The molecule has 0 saturated carbocycles. The number of carbonyl (C=O) groups excluding carboxylic acids is 2. The first-order chi connectivity index (χ1) is 9.60. The Balaban J connectivity index is 2.89. The lowest BCUT2D eigenvalue weighted by Gasteiger charge is -2.03. The van der Waals surface area contributed by atoms with Gasteiger partial charge < -0.3 is 9.47 Å². The van der Waals surface area contributed by atoms with Crippen LogP contribution >= 0.6 is 0 Å². The Morgan fingerprint density at radius 1 is 1.45 bits per heavy atom. The minimum Gasteiger partial charge on any atom is -0.497 e. The van der Waals surface area contributed by atoms with Crippen LogP contribution in [0.3, 0.4) is 0 Å². The lowest BCUT2D eigenvalue weighted by molar-refractivity contribution is -0.116. The van der Waals surface area contributed by atoms with Gasteiger partial charge in [0.15, 0.2) is 0 Å². The fraction of sp³-hybridized carbons (Fsp3) is 0.214. The third-order valence-corrected chi connectivity index (χ3v) is 2.26. The molecule has 1 N–H and O–H groups in total. The Bertz CT molecular complexity index is 573. The van der Waals surface area contributed by atoms with E-state index in [0.29, 0.717) is 11.3 Å². The van der Waals surface area contributed by atoms with Crippen LogP contribution in [0.1, 0.15) is 12.5 Å². The van der Waals surface area contributed by atoms with Gasteiger partial charge in [-0.25, -0.2) is 4.79 Å². The van der Waals surface area contributed by atoms with Crippen molar-refractivity contribution in [3.63, 3.8) is 0 Å². The molecule has 0 heterocycles. The van der Waals surface area contributed by atoms with Crippen molar-refractivity contribution in [2.24, 2.45) is 0 Å². The molecule has 6 nitrogen and oxygen atoms in total. The van der Waals surface area contributed by atoms with Crippen LogP contribution < -0.4 is 10.1 Å². The van der Waals surface area contributed by atoms with Gasteiger partial charge >= 0.3 is 6.09 Å². The molecule has 0 bridgehead atoms. The maximum absolute atomic E-state index is 11.7. The van der Waals surface area contributed by atoms with Gasteiger partial charge in [-0.15, -0.1) is 0 Å². The quantitative estimate of drug-likeness (QED) is 0.669. The molecule has 0 aliphatic heterocycles. The Labute approximate surface area is 116 Å². The molecule has 0 saturated heterocycles. The van der Waals surface area contributed by atoms with Crippen LogP contribution in [0.25, 0.3) is 6.08 Å². The topological polar surface area (TPSA) is 88.4 Å². The third-order valence-electron chi connectivity index (χ3n) is 2.26. The number of amides is 2. The van der Waals surface area contributed by atoms with Crippen LogP contribution in [0.4, 0.5) is 4.79 Å². The molecule has 6 heteroatoms. The first kappa shape index (κ1) is 15.2. The van der Waals surface area contributed by atoms with E-state index in [1.54, 1.807) is 37.3 Å². The summed E-state index contributed by atoms with van der Waals surface area (Å²) >= 11 is 0. The molecule has 1 aromatic rings. The Morgan fingerprint density at radius 2 is 2.20 bits per heavy atom. The van der Waals surface area contributed by atoms with Crippen molar-refractivity contribution >= 4 is 18.1 Å². The summed E-state index contributed by atoms with van der Waals surface area (Å²) in [6, 6.07) is 8.57. The molecule has 0 radical (unpaired) electrons. The highest BCUT2D eigenvalue weighted by Gasteiger charge is 2.13. The van der Waals surface area contributed by atoms with Crippen molar-refractivity contribution in [2.45, 2.75) is 6.92 Å². The van der Waals surface area contributed by atoms with Crippen molar-refractivity contribution in [2.75, 3.05) is 13.7 Å². The average Bonchev–Trinajstić information content (AvgIpc) is 2.45. The molecule has 0 fully saturated rings. The highest BCUT2D eigenvalue weighted by Crippen LogP contribution is 2.15. The number of benzene rings is 1. The molecule has 0 aromatic heterocycles. The van der Waals surface area contributed by atoms with E-state index in [1.807, 2.05) is 5.32 Å². The largest absolute Gasteiger partial charge is 0.497 e. The number of imide groups is 1. The maximum atomic E-state index is 11.7. The summed E-state index contributed by atoms with van der Waals surface area (Å²) in [5.74, 6) is -0.212. The molecule has 104 valence electrons. The summed E-state index contributed by atoms with van der Waals surface area (Å²) in [7, 11) is 1.52. The number of hydrogen-bond acceptors (Lipinski definition) is 5. The Kier molecular flexibility index (Phi) is 5.78. The lowest BCUT2D eigenvalue weighted by Crippen LogP contribution is -2.31. The van der Waals surface area contributed by atoms with Crippen LogP contribution in [0, 0.1) is 11.3 Å². The fourth-order valence-corrected chi connectivity index (χ4v) is 1.37. The highest BCUT2D eigenvalue weighted by atomic mass is 16.5. The zero-order chi connectivity index (χ0) is 15.0. The summed E-state index contributed by atoms with van der Waals surface area (Å²) in [6.07, 6.45) is 0.473. The SMILES string of the molecule is CCOC(=O)NC(=O)/C(C#N)=C/c1cccc(OC)c1. The highest BCUT2D eigenvalue weighted by molar-refractivity contribution is 6.07. The number of carbonyl (C=O) groups is 2. The number of ether oxygens (including phenoxy) is 2. The first-order valence-electron chi connectivity index (χ1n) is 5.84. The predicted molar refractivity (Wildman–Crippen MR) is 71.7 cm³/mol. The first-order valence-corrected chi connectivity index (χ1v) is 5.84. The molecule has 0 unspecified atom stereocenters. The molecular formula is C14H14N2O4. The molecule has 2 amide bonds. The molecule has 1 aromatic carbocycles. The van der Waals surface area contributed by atoms with Crippen molar-refractivity contribution in [3.8, 4) is 11.8 Å². The molecule has 1 rings (SSSR count). The maximum Gasteiger partial charge on any atom is 0.414 e. The zero-order valence-electron chi connectivity index (χ0n) is 11.2. The molecule has 0 aliphatic rings. The molecule has 20 heavy (non-hydrogen) atoms. The van der Waals surface area contributed by atoms with E-state index in [2.05, 4.69) is 4.74 Å². The molecule has 0 atom stereocenters. The van der Waals surface area contributed by atoms with Crippen LogP contribution in [-0.4, -0.2) is 25.7 Å². The number of nitrogens with zero attached hydrogens (tertiary/aromatic N) is 1. The molecule has 0 aliphatic carbocycles. The van der Waals surface area contributed by atoms with Crippen molar-refractivity contribution < 1.29 is 19.1 Å². The van der Waals surface area contributed by atoms with Gasteiger partial charge in [-0.05, 0) is 30.7 Å². The number of alkyl carbamates (subject to hydrolysis) is 1. The van der Waals surface area contributed by atoms with Gasteiger partial charge in [0.2, 0.25) is 0 Å². The molecular weight excluding hydrogens is 260 g/mol. The summed E-state index contributed by atoms with van der Waals surface area (Å²) in [5, 5.41) is 10.9. The van der Waals surface area contributed by atoms with Crippen LogP contribution in [0.15, 0.2) is 29.8 Å². The Morgan fingerprint density at radius 3 is 2.80 bits per heavy atom. The summed E-state index contributed by atoms with van der Waals surface area (Å²) in [4.78, 5) is 22.8. The predicted octanol–water partition coefficient (Wildman–Crippen LogP) is 1.87. The van der Waals surface area contributed by atoms with E-state index >= 15 is 0 Å². The number of methoxy groups -OCH3 is 1. The second kappa shape index (κ2) is 7.59. The zero-order valence-corrected chi connectivity index (χ0v) is 11.2. The van der Waals surface area contributed by atoms with Crippen molar-refractivity contribution in [3.05, 3.63) is 35.4 Å². The normalized spacial score (nSPS) is 10.3. The van der Waals surface area contributed by atoms with Gasteiger partial charge in [-0.3, -0.25) is 10.1 Å². The fourth-order valence-electron chi connectivity index (χ4n) is 1.37. The lowest BCUT2D eigenvalue weighted by atomic mass is 10.1. The van der Waals surface area contributed by atoms with Gasteiger partial charge in [0.1, 0.15) is 17.4 Å². The van der Waals surface area contributed by atoms with Crippen molar-refractivity contribution in [1.29, 1.82) is 5.26 Å².